The molecule has 2 atom stereocenters. The summed E-state index contributed by atoms with van der Waals surface area (Å²) in [6, 6.07) is 4.01. The Kier molecular flexibility index (Phi) is 7.30. The molecule has 196 valence electrons. The second-order valence-corrected chi connectivity index (χ2v) is 10.2. The summed E-state index contributed by atoms with van der Waals surface area (Å²) in [6.45, 7) is -0.381. The number of halogens is 6. The summed E-state index contributed by atoms with van der Waals surface area (Å²) in [6.07, 6.45) is -1.40. The molecule has 0 spiro atoms. The number of nitrogens with zero attached hydrogens (tertiary/aromatic N) is 1. The normalized spacial score (nSPS) is 24.8. The Balaban J connectivity index is 1.15. The molecule has 5 nitrogen and oxygen atoms in total. The number of carbonyl (C=O) groups is 1. The van der Waals surface area contributed by atoms with Gasteiger partial charge < -0.3 is 15.2 Å². The highest BCUT2D eigenvalue weighted by Gasteiger charge is 2.58. The summed E-state index contributed by atoms with van der Waals surface area (Å²) in [7, 11) is 0. The van der Waals surface area contributed by atoms with Crippen molar-refractivity contribution in [2.24, 2.45) is 17.8 Å². The van der Waals surface area contributed by atoms with E-state index in [1.54, 1.807) is 0 Å². The van der Waals surface area contributed by atoms with Crippen LogP contribution in [0.25, 0.3) is 0 Å². The standard InChI is InChI=1S/C24H30F6N2O3/c25-20-12-17(1-2-18(20)21(33)31-13-22(34)6-7-22)35-10-5-16-11-19(16)15-3-8-32(9-4-15)14-23(26,27)24(28,29)30/h1-2,12,15-16,19,34H,3-11,13-14H2,(H,31,33). The van der Waals surface area contributed by atoms with Crippen molar-refractivity contribution in [2.45, 2.75) is 56.2 Å². The maximum Gasteiger partial charge on any atom is 0.454 e. The monoisotopic (exact) mass is 508 g/mol. The van der Waals surface area contributed by atoms with E-state index in [0.717, 1.165) is 18.9 Å². The van der Waals surface area contributed by atoms with Crippen LogP contribution in [0.5, 0.6) is 5.75 Å². The number of alkyl halides is 5. The molecule has 0 aromatic heterocycles. The Morgan fingerprint density at radius 2 is 1.86 bits per heavy atom. The molecule has 35 heavy (non-hydrogen) atoms. The number of nitrogens with one attached hydrogen (secondary N) is 1. The van der Waals surface area contributed by atoms with Crippen molar-refractivity contribution in [3.8, 4) is 5.75 Å². The number of rotatable bonds is 10. The van der Waals surface area contributed by atoms with E-state index < -0.39 is 36.0 Å². The number of hydrogen-bond donors (Lipinski definition) is 2. The van der Waals surface area contributed by atoms with E-state index in [4.69, 9.17) is 4.74 Å². The fourth-order valence-electron chi connectivity index (χ4n) is 4.85. The van der Waals surface area contributed by atoms with Crippen LogP contribution in [0.3, 0.4) is 0 Å². The Hall–Kier alpha value is -2.01. The minimum absolute atomic E-state index is 0.0884. The van der Waals surface area contributed by atoms with E-state index in [1.165, 1.54) is 17.0 Å². The highest BCUT2D eigenvalue weighted by Crippen LogP contribution is 2.50. The summed E-state index contributed by atoms with van der Waals surface area (Å²) in [5.41, 5.74) is -0.988. The highest BCUT2D eigenvalue weighted by atomic mass is 19.4. The molecular formula is C24H30F6N2O3. The number of carbonyl (C=O) groups excluding carboxylic acids is 1. The van der Waals surface area contributed by atoms with Gasteiger partial charge in [0.2, 0.25) is 0 Å². The third kappa shape index (κ3) is 6.61. The number of amides is 1. The van der Waals surface area contributed by atoms with Gasteiger partial charge in [0.1, 0.15) is 11.6 Å². The maximum absolute atomic E-state index is 14.3. The van der Waals surface area contributed by atoms with Gasteiger partial charge in [-0.25, -0.2) is 4.39 Å². The minimum Gasteiger partial charge on any atom is -0.493 e. The Labute approximate surface area is 199 Å². The Bertz CT molecular complexity index is 913. The van der Waals surface area contributed by atoms with Gasteiger partial charge in [0.15, 0.2) is 0 Å². The molecule has 1 aliphatic heterocycles. The first kappa shape index (κ1) is 26.1. The van der Waals surface area contributed by atoms with Crippen molar-refractivity contribution in [1.82, 2.24) is 10.2 Å². The van der Waals surface area contributed by atoms with E-state index in [1.807, 2.05) is 0 Å². The first-order valence-electron chi connectivity index (χ1n) is 12.0. The third-order valence-corrected chi connectivity index (χ3v) is 7.40. The molecule has 2 aliphatic carbocycles. The molecule has 0 bridgehead atoms. The molecule has 2 saturated carbocycles. The molecule has 1 aromatic rings. The fraction of sp³-hybridized carbons (Fsp3) is 0.708. The third-order valence-electron chi connectivity index (χ3n) is 7.40. The predicted molar refractivity (Wildman–Crippen MR) is 115 cm³/mol. The summed E-state index contributed by atoms with van der Waals surface area (Å²) in [5, 5.41) is 12.3. The van der Waals surface area contributed by atoms with Gasteiger partial charge in [0.25, 0.3) is 5.91 Å². The summed E-state index contributed by atoms with van der Waals surface area (Å²) in [4.78, 5) is 13.3. The van der Waals surface area contributed by atoms with Crippen molar-refractivity contribution in [2.75, 3.05) is 32.8 Å². The fourth-order valence-corrected chi connectivity index (χ4v) is 4.85. The molecule has 3 aliphatic rings. The summed E-state index contributed by atoms with van der Waals surface area (Å²) >= 11 is 0. The molecule has 1 amide bonds. The lowest BCUT2D eigenvalue weighted by Gasteiger charge is -2.34. The molecule has 2 unspecified atom stereocenters. The maximum atomic E-state index is 14.3. The van der Waals surface area contributed by atoms with Crippen molar-refractivity contribution in [1.29, 1.82) is 0 Å². The zero-order chi connectivity index (χ0) is 25.4. The Morgan fingerprint density at radius 1 is 1.17 bits per heavy atom. The average molecular weight is 509 g/mol. The van der Waals surface area contributed by atoms with E-state index in [2.05, 4.69) is 5.32 Å². The average Bonchev–Trinajstić information content (AvgIpc) is 3.70. The van der Waals surface area contributed by atoms with Crippen LogP contribution in [0.2, 0.25) is 0 Å². The van der Waals surface area contributed by atoms with Crippen LogP contribution < -0.4 is 10.1 Å². The van der Waals surface area contributed by atoms with Gasteiger partial charge in [-0.15, -0.1) is 0 Å². The van der Waals surface area contributed by atoms with Crippen LogP contribution in [-0.2, 0) is 0 Å². The lowest BCUT2D eigenvalue weighted by molar-refractivity contribution is -0.287. The zero-order valence-electron chi connectivity index (χ0n) is 19.2. The quantitative estimate of drug-likeness (QED) is 0.460. The van der Waals surface area contributed by atoms with Crippen molar-refractivity contribution >= 4 is 5.91 Å². The Morgan fingerprint density at radius 3 is 2.46 bits per heavy atom. The number of likely N-dealkylation sites (tertiary alicyclic amines) is 1. The second-order valence-electron chi connectivity index (χ2n) is 10.2. The van der Waals surface area contributed by atoms with E-state index in [-0.39, 0.29) is 25.2 Å². The summed E-state index contributed by atoms with van der Waals surface area (Å²) < 4.78 is 83.7. The molecule has 1 saturated heterocycles. The SMILES string of the molecule is O=C(NCC1(O)CC1)c1ccc(OCCC2CC2C2CCN(CC(F)(F)C(F)(F)F)CC2)cc1F. The molecule has 3 fully saturated rings. The first-order chi connectivity index (χ1) is 16.4. The van der Waals surface area contributed by atoms with Crippen LogP contribution in [0.1, 0.15) is 48.9 Å². The second kappa shape index (κ2) is 9.80. The van der Waals surface area contributed by atoms with Gasteiger partial charge in [-0.1, -0.05) is 0 Å². The smallest absolute Gasteiger partial charge is 0.454 e. The minimum atomic E-state index is -5.53. The lowest BCUT2D eigenvalue weighted by atomic mass is 9.90. The van der Waals surface area contributed by atoms with Crippen LogP contribution in [0, 0.1) is 23.6 Å². The van der Waals surface area contributed by atoms with E-state index in [9.17, 15) is 36.2 Å². The van der Waals surface area contributed by atoms with Gasteiger partial charge in [0, 0.05) is 12.6 Å². The molecule has 0 radical (unpaired) electrons. The van der Waals surface area contributed by atoms with Crippen LogP contribution >= 0.6 is 0 Å². The van der Waals surface area contributed by atoms with E-state index in [0.29, 0.717) is 55.8 Å². The highest BCUT2D eigenvalue weighted by molar-refractivity contribution is 5.94. The van der Waals surface area contributed by atoms with Crippen LogP contribution in [-0.4, -0.2) is 66.4 Å². The van der Waals surface area contributed by atoms with Crippen LogP contribution in [0.4, 0.5) is 26.3 Å². The number of hydrogen-bond acceptors (Lipinski definition) is 4. The number of benzene rings is 1. The lowest BCUT2D eigenvalue weighted by Crippen LogP contribution is -2.49. The zero-order valence-corrected chi connectivity index (χ0v) is 19.2. The van der Waals surface area contributed by atoms with Gasteiger partial charge in [0.05, 0.1) is 24.3 Å². The molecule has 2 N–H and O–H groups in total. The number of piperidine rings is 1. The van der Waals surface area contributed by atoms with Gasteiger partial charge in [-0.05, 0) is 81.5 Å². The van der Waals surface area contributed by atoms with E-state index >= 15 is 0 Å². The first-order valence-corrected chi connectivity index (χ1v) is 12.0. The van der Waals surface area contributed by atoms with Gasteiger partial charge in [-0.3, -0.25) is 9.69 Å². The van der Waals surface area contributed by atoms with Crippen molar-refractivity contribution in [3.63, 3.8) is 0 Å². The molecule has 1 aromatic carbocycles. The summed E-state index contributed by atoms with van der Waals surface area (Å²) in [5.74, 6) is -4.59. The molecule has 11 heteroatoms. The van der Waals surface area contributed by atoms with Crippen molar-refractivity contribution < 1.29 is 41.0 Å². The molecule has 4 rings (SSSR count). The predicted octanol–water partition coefficient (Wildman–Crippen LogP) is 4.40. The molecule has 1 heterocycles. The van der Waals surface area contributed by atoms with Crippen LogP contribution in [0.15, 0.2) is 18.2 Å². The topological polar surface area (TPSA) is 61.8 Å². The largest absolute Gasteiger partial charge is 0.493 e. The van der Waals surface area contributed by atoms with Gasteiger partial charge in [-0.2, -0.15) is 22.0 Å². The van der Waals surface area contributed by atoms with Crippen molar-refractivity contribution in [3.05, 3.63) is 29.6 Å². The number of ether oxygens (including phenoxy) is 1. The number of aliphatic hydroxyl groups is 1. The van der Waals surface area contributed by atoms with Gasteiger partial charge >= 0.3 is 12.1 Å². The molecular weight excluding hydrogens is 478 g/mol.